The molecular formula is C21H21N3O4. The molecule has 0 aromatic heterocycles. The minimum Gasteiger partial charge on any atom is -0.497 e. The number of carbonyl (C=O) groups is 2. The molecule has 7 nitrogen and oxygen atoms in total. The molecule has 1 aliphatic heterocycles. The molecular weight excluding hydrogens is 358 g/mol. The number of benzene rings is 2. The third-order valence-corrected chi connectivity index (χ3v) is 4.92. The second-order valence-electron chi connectivity index (χ2n) is 6.88. The van der Waals surface area contributed by atoms with Gasteiger partial charge in [0.15, 0.2) is 5.71 Å². The Kier molecular flexibility index (Phi) is 4.73. The number of fused-ring (bicyclic) bond motifs is 1. The van der Waals surface area contributed by atoms with Crippen LogP contribution in [0.1, 0.15) is 28.8 Å². The molecule has 28 heavy (non-hydrogen) atoms. The average Bonchev–Trinajstić information content (AvgIpc) is 3.51. The van der Waals surface area contributed by atoms with E-state index in [1.165, 1.54) is 14.2 Å². The van der Waals surface area contributed by atoms with E-state index < -0.39 is 5.91 Å². The number of carbonyl (C=O) groups excluding carboxylic acids is 2. The SMILES string of the molecule is COc1cc(OC)cc(C(=O)N/N=C2/C(=O)N(CC3CC3)c3ccccc32)c1. The van der Waals surface area contributed by atoms with E-state index in [9.17, 15) is 9.59 Å². The van der Waals surface area contributed by atoms with Crippen LogP contribution in [0.4, 0.5) is 5.69 Å². The second kappa shape index (κ2) is 7.34. The molecule has 2 aromatic carbocycles. The zero-order chi connectivity index (χ0) is 19.7. The van der Waals surface area contributed by atoms with Crippen LogP contribution in [0.5, 0.6) is 11.5 Å². The monoisotopic (exact) mass is 379 g/mol. The summed E-state index contributed by atoms with van der Waals surface area (Å²) in [5.74, 6) is 0.910. The number of para-hydroxylation sites is 1. The minimum atomic E-state index is -0.448. The van der Waals surface area contributed by atoms with Gasteiger partial charge in [-0.2, -0.15) is 5.10 Å². The topological polar surface area (TPSA) is 80.2 Å². The Morgan fingerprint density at radius 3 is 2.46 bits per heavy atom. The van der Waals surface area contributed by atoms with Crippen LogP contribution in [0, 0.1) is 5.92 Å². The summed E-state index contributed by atoms with van der Waals surface area (Å²) in [4.78, 5) is 27.2. The summed E-state index contributed by atoms with van der Waals surface area (Å²) >= 11 is 0. The van der Waals surface area contributed by atoms with E-state index in [-0.39, 0.29) is 11.6 Å². The van der Waals surface area contributed by atoms with Crippen molar-refractivity contribution in [2.24, 2.45) is 11.0 Å². The number of hydrazone groups is 1. The van der Waals surface area contributed by atoms with Crippen LogP contribution in [0.3, 0.4) is 0 Å². The Morgan fingerprint density at radius 1 is 1.14 bits per heavy atom. The zero-order valence-electron chi connectivity index (χ0n) is 15.8. The summed E-state index contributed by atoms with van der Waals surface area (Å²) < 4.78 is 10.4. The average molecular weight is 379 g/mol. The second-order valence-corrected chi connectivity index (χ2v) is 6.88. The molecule has 2 amide bonds. The van der Waals surface area contributed by atoms with E-state index in [0.29, 0.717) is 29.5 Å². The Bertz CT molecular complexity index is 944. The van der Waals surface area contributed by atoms with Crippen molar-refractivity contribution in [3.8, 4) is 11.5 Å². The van der Waals surface area contributed by atoms with Gasteiger partial charge in [0.2, 0.25) is 0 Å². The number of nitrogens with one attached hydrogen (secondary N) is 1. The molecule has 1 saturated carbocycles. The number of rotatable bonds is 6. The first-order valence-corrected chi connectivity index (χ1v) is 9.13. The largest absolute Gasteiger partial charge is 0.497 e. The summed E-state index contributed by atoms with van der Waals surface area (Å²) in [6.45, 7) is 0.690. The fourth-order valence-corrected chi connectivity index (χ4v) is 3.22. The molecule has 0 saturated heterocycles. The van der Waals surface area contributed by atoms with Crippen LogP contribution in [-0.2, 0) is 4.79 Å². The van der Waals surface area contributed by atoms with Crippen molar-refractivity contribution in [3.63, 3.8) is 0 Å². The predicted octanol–water partition coefficient (Wildman–Crippen LogP) is 2.59. The molecule has 144 valence electrons. The molecule has 1 aliphatic carbocycles. The van der Waals surface area contributed by atoms with Gasteiger partial charge >= 0.3 is 0 Å². The van der Waals surface area contributed by atoms with Gasteiger partial charge in [0, 0.05) is 23.7 Å². The minimum absolute atomic E-state index is 0.184. The number of amides is 2. The van der Waals surface area contributed by atoms with E-state index in [1.807, 2.05) is 24.3 Å². The summed E-state index contributed by atoms with van der Waals surface area (Å²) in [6, 6.07) is 12.4. The molecule has 0 atom stereocenters. The Labute approximate surface area is 162 Å². The van der Waals surface area contributed by atoms with Crippen LogP contribution in [0.15, 0.2) is 47.6 Å². The number of hydrogen-bond acceptors (Lipinski definition) is 5. The number of ether oxygens (including phenoxy) is 2. The Balaban J connectivity index is 1.59. The van der Waals surface area contributed by atoms with Crippen molar-refractivity contribution in [1.29, 1.82) is 0 Å². The van der Waals surface area contributed by atoms with Crippen LogP contribution >= 0.6 is 0 Å². The predicted molar refractivity (Wildman–Crippen MR) is 105 cm³/mol. The fourth-order valence-electron chi connectivity index (χ4n) is 3.22. The highest BCUT2D eigenvalue weighted by Crippen LogP contribution is 2.35. The molecule has 0 radical (unpaired) electrons. The van der Waals surface area contributed by atoms with Crippen LogP contribution in [0.25, 0.3) is 0 Å². The van der Waals surface area contributed by atoms with Gasteiger partial charge in [0.25, 0.3) is 11.8 Å². The molecule has 0 bridgehead atoms. The first kappa shape index (κ1) is 18.0. The van der Waals surface area contributed by atoms with Gasteiger partial charge in [-0.15, -0.1) is 0 Å². The normalized spacial score (nSPS) is 16.9. The van der Waals surface area contributed by atoms with Crippen molar-refractivity contribution in [3.05, 3.63) is 53.6 Å². The highest BCUT2D eigenvalue weighted by Gasteiger charge is 2.37. The van der Waals surface area contributed by atoms with Gasteiger partial charge in [-0.3, -0.25) is 9.59 Å². The van der Waals surface area contributed by atoms with Gasteiger partial charge in [0.05, 0.1) is 19.9 Å². The van der Waals surface area contributed by atoms with Crippen molar-refractivity contribution in [2.45, 2.75) is 12.8 Å². The quantitative estimate of drug-likeness (QED) is 0.783. The highest BCUT2D eigenvalue weighted by molar-refractivity contribution is 6.54. The molecule has 1 heterocycles. The lowest BCUT2D eigenvalue weighted by atomic mass is 10.1. The molecule has 2 aliphatic rings. The van der Waals surface area contributed by atoms with E-state index in [2.05, 4.69) is 10.5 Å². The van der Waals surface area contributed by atoms with Crippen LogP contribution in [-0.4, -0.2) is 38.3 Å². The molecule has 0 spiro atoms. The van der Waals surface area contributed by atoms with E-state index in [1.54, 1.807) is 23.1 Å². The third kappa shape index (κ3) is 3.43. The molecule has 4 rings (SSSR count). The number of methoxy groups -OCH3 is 2. The van der Waals surface area contributed by atoms with E-state index in [4.69, 9.17) is 9.47 Å². The maximum Gasteiger partial charge on any atom is 0.279 e. The Hall–Kier alpha value is -3.35. The summed E-state index contributed by atoms with van der Waals surface area (Å²) in [5, 5.41) is 4.16. The molecule has 0 unspecified atom stereocenters. The molecule has 1 N–H and O–H groups in total. The van der Waals surface area contributed by atoms with Crippen molar-refractivity contribution >= 4 is 23.2 Å². The van der Waals surface area contributed by atoms with Gasteiger partial charge in [-0.05, 0) is 37.0 Å². The highest BCUT2D eigenvalue weighted by atomic mass is 16.5. The maximum absolute atomic E-state index is 12.9. The molecule has 1 fully saturated rings. The lowest BCUT2D eigenvalue weighted by molar-refractivity contribution is -0.112. The lowest BCUT2D eigenvalue weighted by Crippen LogP contribution is -2.33. The van der Waals surface area contributed by atoms with Crippen LogP contribution < -0.4 is 19.8 Å². The summed E-state index contributed by atoms with van der Waals surface area (Å²) in [6.07, 6.45) is 2.29. The smallest absolute Gasteiger partial charge is 0.279 e. The van der Waals surface area contributed by atoms with Crippen molar-refractivity contribution < 1.29 is 19.1 Å². The summed E-state index contributed by atoms with van der Waals surface area (Å²) in [5.41, 5.74) is 4.65. The Morgan fingerprint density at radius 2 is 1.82 bits per heavy atom. The molecule has 7 heteroatoms. The zero-order valence-corrected chi connectivity index (χ0v) is 15.8. The first-order valence-electron chi connectivity index (χ1n) is 9.13. The van der Waals surface area contributed by atoms with Gasteiger partial charge < -0.3 is 14.4 Å². The third-order valence-electron chi connectivity index (χ3n) is 4.92. The van der Waals surface area contributed by atoms with Crippen molar-refractivity contribution in [2.75, 3.05) is 25.7 Å². The van der Waals surface area contributed by atoms with Gasteiger partial charge in [-0.1, -0.05) is 18.2 Å². The van der Waals surface area contributed by atoms with Gasteiger partial charge in [0.1, 0.15) is 11.5 Å². The van der Waals surface area contributed by atoms with E-state index in [0.717, 1.165) is 24.1 Å². The number of hydrogen-bond donors (Lipinski definition) is 1. The standard InChI is InChI=1S/C21H21N3O4/c1-27-15-9-14(10-16(11-15)28-2)20(25)23-22-19-17-5-3-4-6-18(17)24(21(19)26)12-13-7-8-13/h3-6,9-11,13H,7-8,12H2,1-2H3,(H,23,25)/b22-19+. The number of nitrogens with zero attached hydrogens (tertiary/aromatic N) is 2. The first-order chi connectivity index (χ1) is 13.6. The summed E-state index contributed by atoms with van der Waals surface area (Å²) in [7, 11) is 3.03. The van der Waals surface area contributed by atoms with Crippen LogP contribution in [0.2, 0.25) is 0 Å². The fraction of sp³-hybridized carbons (Fsp3) is 0.286. The van der Waals surface area contributed by atoms with Gasteiger partial charge in [-0.25, -0.2) is 5.43 Å². The number of anilines is 1. The lowest BCUT2D eigenvalue weighted by Gasteiger charge is -2.15. The maximum atomic E-state index is 12.9. The molecule has 2 aromatic rings. The van der Waals surface area contributed by atoms with Crippen molar-refractivity contribution in [1.82, 2.24) is 5.43 Å². The van der Waals surface area contributed by atoms with E-state index >= 15 is 0 Å².